The normalized spacial score (nSPS) is 26.6. The van der Waals surface area contributed by atoms with Crippen molar-refractivity contribution in [3.05, 3.63) is 41.1 Å². The molecule has 0 aliphatic heterocycles. The van der Waals surface area contributed by atoms with Crippen molar-refractivity contribution in [2.45, 2.75) is 32.6 Å². The first-order valence-corrected chi connectivity index (χ1v) is 9.67. The molecule has 2 aliphatic rings. The highest BCUT2D eigenvalue weighted by molar-refractivity contribution is 6.30. The molecule has 4 rings (SSSR count). The van der Waals surface area contributed by atoms with Gasteiger partial charge < -0.3 is 9.15 Å². The summed E-state index contributed by atoms with van der Waals surface area (Å²) in [4.78, 5) is 12.4. The van der Waals surface area contributed by atoms with Crippen LogP contribution in [0.25, 0.3) is 11.3 Å². The maximum absolute atomic E-state index is 12.4. The molecular weight excluding hydrogens is 364 g/mol. The summed E-state index contributed by atoms with van der Waals surface area (Å²) >= 11 is 6.08. The van der Waals surface area contributed by atoms with E-state index in [1.54, 1.807) is 31.4 Å². The van der Waals surface area contributed by atoms with Crippen LogP contribution in [-0.2, 0) is 4.79 Å². The lowest BCUT2D eigenvalue weighted by Crippen LogP contribution is -2.22. The molecule has 2 aromatic rings. The Balaban J connectivity index is 1.41. The van der Waals surface area contributed by atoms with E-state index < -0.39 is 0 Å². The molecule has 2 saturated carbocycles. The van der Waals surface area contributed by atoms with Crippen LogP contribution in [0.1, 0.15) is 38.4 Å². The number of rotatable bonds is 5. The van der Waals surface area contributed by atoms with Crippen LogP contribution < -0.4 is 10.2 Å². The number of fused-ring (bicyclic) bond motifs is 1. The van der Waals surface area contributed by atoms with Gasteiger partial charge in [0.1, 0.15) is 17.3 Å². The second-order valence-electron chi connectivity index (χ2n) is 7.62. The highest BCUT2D eigenvalue weighted by atomic mass is 35.5. The number of amides is 1. The zero-order valence-electron chi connectivity index (χ0n) is 15.5. The van der Waals surface area contributed by atoms with Gasteiger partial charge in [-0.05, 0) is 54.5 Å². The van der Waals surface area contributed by atoms with Crippen LogP contribution in [0, 0.1) is 17.3 Å². The number of hydrazone groups is 1. The summed E-state index contributed by atoms with van der Waals surface area (Å²) in [5.41, 5.74) is 3.63. The maximum atomic E-state index is 12.4. The van der Waals surface area contributed by atoms with Crippen molar-refractivity contribution >= 4 is 23.7 Å². The van der Waals surface area contributed by atoms with Crippen LogP contribution in [0.4, 0.5) is 0 Å². The number of hydrogen-bond acceptors (Lipinski definition) is 4. The van der Waals surface area contributed by atoms with Gasteiger partial charge in [0, 0.05) is 10.9 Å². The van der Waals surface area contributed by atoms with E-state index in [4.69, 9.17) is 20.8 Å². The first kappa shape index (κ1) is 18.1. The summed E-state index contributed by atoms with van der Waals surface area (Å²) in [6.45, 7) is 2.22. The average molecular weight is 387 g/mol. The van der Waals surface area contributed by atoms with Crippen LogP contribution in [-0.4, -0.2) is 19.2 Å². The highest BCUT2D eigenvalue weighted by Crippen LogP contribution is 2.66. The largest absolute Gasteiger partial charge is 0.496 e. The Bertz CT molecular complexity index is 891. The first-order valence-electron chi connectivity index (χ1n) is 9.29. The monoisotopic (exact) mass is 386 g/mol. The molecule has 2 fully saturated rings. The number of furan rings is 1. The maximum Gasteiger partial charge on any atom is 0.244 e. The number of benzene rings is 1. The van der Waals surface area contributed by atoms with Crippen molar-refractivity contribution in [3.63, 3.8) is 0 Å². The van der Waals surface area contributed by atoms with Crippen molar-refractivity contribution in [2.24, 2.45) is 22.4 Å². The van der Waals surface area contributed by atoms with E-state index in [0.29, 0.717) is 28.2 Å². The van der Waals surface area contributed by atoms with Crippen molar-refractivity contribution in [3.8, 4) is 17.1 Å². The van der Waals surface area contributed by atoms with Crippen LogP contribution in [0.2, 0.25) is 5.02 Å². The molecule has 2 aliphatic carbocycles. The number of nitrogens with zero attached hydrogens (tertiary/aromatic N) is 1. The van der Waals surface area contributed by atoms with Crippen molar-refractivity contribution in [1.29, 1.82) is 0 Å². The van der Waals surface area contributed by atoms with Gasteiger partial charge in [-0.1, -0.05) is 31.4 Å². The number of carbonyl (C=O) groups excluding carboxylic acids is 1. The zero-order valence-corrected chi connectivity index (χ0v) is 16.3. The van der Waals surface area contributed by atoms with Gasteiger partial charge in [-0.25, -0.2) is 5.43 Å². The van der Waals surface area contributed by atoms with Gasteiger partial charge in [-0.15, -0.1) is 0 Å². The number of nitrogens with one attached hydrogen (secondary N) is 1. The zero-order chi connectivity index (χ0) is 19.0. The Morgan fingerprint density at radius 1 is 1.37 bits per heavy atom. The molecule has 0 bridgehead atoms. The van der Waals surface area contributed by atoms with Crippen molar-refractivity contribution < 1.29 is 13.9 Å². The molecule has 142 valence electrons. The molecule has 0 radical (unpaired) electrons. The second-order valence-corrected chi connectivity index (χ2v) is 8.05. The average Bonchev–Trinajstić information content (AvgIpc) is 3.03. The molecule has 1 amide bonds. The van der Waals surface area contributed by atoms with Gasteiger partial charge in [-0.3, -0.25) is 4.79 Å². The molecule has 6 heteroatoms. The Labute approximate surface area is 163 Å². The third-order valence-electron chi connectivity index (χ3n) is 6.03. The molecular formula is C21H23ClN2O3. The molecule has 1 heterocycles. The predicted molar refractivity (Wildman–Crippen MR) is 105 cm³/mol. The number of hydrogen-bond donors (Lipinski definition) is 1. The Hall–Kier alpha value is -2.27. The predicted octanol–water partition coefficient (Wildman–Crippen LogP) is 4.89. The van der Waals surface area contributed by atoms with Gasteiger partial charge in [0.2, 0.25) is 5.91 Å². The lowest BCUT2D eigenvalue weighted by Gasteiger charge is -2.15. The molecule has 0 saturated heterocycles. The molecule has 1 aromatic heterocycles. The van der Waals surface area contributed by atoms with Crippen LogP contribution in [0.15, 0.2) is 39.9 Å². The minimum atomic E-state index is 0.0175. The van der Waals surface area contributed by atoms with Gasteiger partial charge in [-0.2, -0.15) is 5.10 Å². The highest BCUT2D eigenvalue weighted by Gasteiger charge is 2.64. The smallest absolute Gasteiger partial charge is 0.244 e. The minimum absolute atomic E-state index is 0.0175. The molecule has 3 atom stereocenters. The molecule has 0 spiro atoms. The Morgan fingerprint density at radius 3 is 2.96 bits per heavy atom. The standard InChI is InChI=1S/C21H23ClN2O3/c1-21-10-4-3-5-16(21)19(21)20(25)24-23-12-14-7-9-18(27-14)15-11-13(22)6-8-17(15)26-2/h6-9,11-12,16,19H,3-5,10H2,1-2H3,(H,24,25)/b23-12-/t16-,19-,21+/m0/s1. The fourth-order valence-corrected chi connectivity index (χ4v) is 4.69. The van der Waals surface area contributed by atoms with E-state index in [1.807, 2.05) is 6.07 Å². The SMILES string of the molecule is COc1ccc(Cl)cc1-c1ccc(/C=N\NC(=O)[C@@H]2[C@@H]3CCCC[C@@]23C)o1. The Kier molecular flexibility index (Phi) is 4.72. The van der Waals surface area contributed by atoms with E-state index >= 15 is 0 Å². The molecule has 27 heavy (non-hydrogen) atoms. The van der Waals surface area contributed by atoms with Crippen molar-refractivity contribution in [2.75, 3.05) is 7.11 Å². The number of ether oxygens (including phenoxy) is 1. The molecule has 5 nitrogen and oxygen atoms in total. The summed E-state index contributed by atoms with van der Waals surface area (Å²) in [5, 5.41) is 4.68. The van der Waals surface area contributed by atoms with Crippen LogP contribution in [0.3, 0.4) is 0 Å². The topological polar surface area (TPSA) is 63.8 Å². The fraction of sp³-hybridized carbons (Fsp3) is 0.429. The van der Waals surface area contributed by atoms with E-state index in [9.17, 15) is 4.79 Å². The molecule has 1 N–H and O–H groups in total. The quantitative estimate of drug-likeness (QED) is 0.588. The van der Waals surface area contributed by atoms with Gasteiger partial charge in [0.05, 0.1) is 18.9 Å². The third kappa shape index (κ3) is 3.36. The van der Waals surface area contributed by atoms with E-state index in [2.05, 4.69) is 17.5 Å². The van der Waals surface area contributed by atoms with E-state index in [1.165, 1.54) is 19.1 Å². The molecule has 1 aromatic carbocycles. The lowest BCUT2D eigenvalue weighted by atomic mass is 9.90. The Morgan fingerprint density at radius 2 is 2.22 bits per heavy atom. The van der Waals surface area contributed by atoms with Crippen LogP contribution in [0.5, 0.6) is 5.75 Å². The van der Waals surface area contributed by atoms with Gasteiger partial charge in [0.25, 0.3) is 0 Å². The summed E-state index contributed by atoms with van der Waals surface area (Å²) in [6, 6.07) is 8.97. The first-order chi connectivity index (χ1) is 13.0. The number of methoxy groups -OCH3 is 1. The number of carbonyl (C=O) groups is 1. The van der Waals surface area contributed by atoms with E-state index in [-0.39, 0.29) is 17.2 Å². The second kappa shape index (κ2) is 7.04. The van der Waals surface area contributed by atoms with Gasteiger partial charge in [0.15, 0.2) is 0 Å². The fourth-order valence-electron chi connectivity index (χ4n) is 4.52. The third-order valence-corrected chi connectivity index (χ3v) is 6.27. The summed E-state index contributed by atoms with van der Waals surface area (Å²) in [5.74, 6) is 2.49. The number of halogens is 1. The van der Waals surface area contributed by atoms with Crippen molar-refractivity contribution in [1.82, 2.24) is 5.43 Å². The molecule has 0 unspecified atom stereocenters. The summed E-state index contributed by atoms with van der Waals surface area (Å²) in [7, 11) is 1.60. The van der Waals surface area contributed by atoms with Crippen LogP contribution >= 0.6 is 11.6 Å². The van der Waals surface area contributed by atoms with Gasteiger partial charge >= 0.3 is 0 Å². The lowest BCUT2D eigenvalue weighted by molar-refractivity contribution is -0.123. The summed E-state index contributed by atoms with van der Waals surface area (Å²) < 4.78 is 11.2. The minimum Gasteiger partial charge on any atom is -0.496 e. The summed E-state index contributed by atoms with van der Waals surface area (Å²) in [6.07, 6.45) is 6.27. The van der Waals surface area contributed by atoms with E-state index in [0.717, 1.165) is 18.4 Å².